The molecular formula is C32H22O12. The highest BCUT2D eigenvalue weighted by molar-refractivity contribution is 6.52. The molecule has 0 saturated heterocycles. The topological polar surface area (TPSA) is 164 Å². The Morgan fingerprint density at radius 1 is 0.568 bits per heavy atom. The average molecular weight is 599 g/mol. The minimum atomic E-state index is -0.979. The summed E-state index contributed by atoms with van der Waals surface area (Å²) in [5.41, 5.74) is -0.365. The number of rotatable bonds is 9. The van der Waals surface area contributed by atoms with E-state index in [1.807, 2.05) is 0 Å². The highest BCUT2D eigenvalue weighted by atomic mass is 16.7. The summed E-state index contributed by atoms with van der Waals surface area (Å²) in [7, 11) is 2.79. The van der Waals surface area contributed by atoms with Gasteiger partial charge in [-0.3, -0.25) is 19.2 Å². The van der Waals surface area contributed by atoms with Crippen molar-refractivity contribution >= 4 is 23.1 Å². The third kappa shape index (κ3) is 4.77. The van der Waals surface area contributed by atoms with Crippen molar-refractivity contribution in [3.8, 4) is 57.1 Å². The molecule has 0 aromatic heterocycles. The van der Waals surface area contributed by atoms with Gasteiger partial charge in [0.05, 0.1) is 14.2 Å². The number of phenolic OH excluding ortho intramolecular Hbond substituents is 2. The van der Waals surface area contributed by atoms with Crippen LogP contribution in [-0.4, -0.2) is 61.2 Å². The van der Waals surface area contributed by atoms with Crippen LogP contribution < -0.4 is 28.4 Å². The fourth-order valence-corrected chi connectivity index (χ4v) is 4.89. The first-order valence-electron chi connectivity index (χ1n) is 13.0. The van der Waals surface area contributed by atoms with Gasteiger partial charge in [-0.25, -0.2) is 0 Å². The fourth-order valence-electron chi connectivity index (χ4n) is 4.89. The number of methoxy groups -OCH3 is 2. The first-order chi connectivity index (χ1) is 21.2. The van der Waals surface area contributed by atoms with Crippen LogP contribution in [0, 0.1) is 0 Å². The maximum atomic E-state index is 13.7. The number of benzene rings is 4. The summed E-state index contributed by atoms with van der Waals surface area (Å²) in [4.78, 5) is 54.2. The molecule has 0 radical (unpaired) electrons. The van der Waals surface area contributed by atoms with Crippen molar-refractivity contribution in [1.82, 2.24) is 0 Å². The van der Waals surface area contributed by atoms with Crippen molar-refractivity contribution in [2.45, 2.75) is 0 Å². The van der Waals surface area contributed by atoms with Crippen molar-refractivity contribution in [3.05, 3.63) is 82.9 Å². The zero-order valence-electron chi connectivity index (χ0n) is 23.2. The van der Waals surface area contributed by atoms with Crippen LogP contribution in [0.3, 0.4) is 0 Å². The third-order valence-corrected chi connectivity index (χ3v) is 7.08. The zero-order chi connectivity index (χ0) is 31.1. The highest BCUT2D eigenvalue weighted by Gasteiger charge is 2.30. The van der Waals surface area contributed by atoms with Gasteiger partial charge in [-0.15, -0.1) is 0 Å². The van der Waals surface area contributed by atoms with Crippen LogP contribution in [-0.2, 0) is 0 Å². The molecule has 0 spiro atoms. The normalized spacial score (nSPS) is 12.5. The van der Waals surface area contributed by atoms with Gasteiger partial charge in [0.1, 0.15) is 11.5 Å². The van der Waals surface area contributed by atoms with Gasteiger partial charge in [0, 0.05) is 22.3 Å². The maximum Gasteiger partial charge on any atom is 0.234 e. The molecule has 0 amide bonds. The molecule has 0 aliphatic carbocycles. The molecule has 2 heterocycles. The van der Waals surface area contributed by atoms with E-state index in [2.05, 4.69) is 0 Å². The largest absolute Gasteiger partial charge is 0.504 e. The van der Waals surface area contributed by atoms with Crippen molar-refractivity contribution < 1.29 is 57.8 Å². The first-order valence-corrected chi connectivity index (χ1v) is 13.0. The Morgan fingerprint density at radius 3 is 1.36 bits per heavy atom. The lowest BCUT2D eigenvalue weighted by Crippen LogP contribution is -2.18. The number of phenols is 2. The Balaban J connectivity index is 1.44. The number of carbonyl (C=O) groups excluding carboxylic acids is 4. The maximum absolute atomic E-state index is 13.7. The standard InChI is InChI=1S/C32H22O12/c1-39-17-3-5-19(29(37)27(35)15-7-23(33)31-25(9-15)41-13-43-31)21(11-17)22-12-18(40-2)4-6-20(22)30(38)28(36)16-8-24(34)32-26(10-16)42-14-44-32/h3-12,33-34H,13-14H2,1-2H3. The van der Waals surface area contributed by atoms with Crippen molar-refractivity contribution in [2.75, 3.05) is 27.8 Å². The Morgan fingerprint density at radius 2 is 0.977 bits per heavy atom. The van der Waals surface area contributed by atoms with Gasteiger partial charge in [-0.1, -0.05) is 0 Å². The van der Waals surface area contributed by atoms with Crippen LogP contribution >= 0.6 is 0 Å². The van der Waals surface area contributed by atoms with Crippen LogP contribution in [0.25, 0.3) is 11.1 Å². The predicted molar refractivity (Wildman–Crippen MR) is 151 cm³/mol. The van der Waals surface area contributed by atoms with Gasteiger partial charge in [0.25, 0.3) is 0 Å². The highest BCUT2D eigenvalue weighted by Crippen LogP contribution is 2.43. The van der Waals surface area contributed by atoms with Gasteiger partial charge in [0.2, 0.25) is 48.2 Å². The summed E-state index contributed by atoms with van der Waals surface area (Å²) in [6.45, 7) is -0.317. The molecule has 2 aliphatic rings. The minimum absolute atomic E-state index is 0.0547. The number of Topliss-reactive ketones (excluding diaryl/α,β-unsaturated/α-hetero) is 4. The molecule has 0 atom stereocenters. The molecule has 6 rings (SSSR count). The van der Waals surface area contributed by atoms with Crippen molar-refractivity contribution in [3.63, 3.8) is 0 Å². The van der Waals surface area contributed by atoms with Crippen LogP contribution in [0.4, 0.5) is 0 Å². The molecule has 0 saturated carbocycles. The molecule has 4 aromatic carbocycles. The molecule has 222 valence electrons. The van der Waals surface area contributed by atoms with Gasteiger partial charge in [-0.2, -0.15) is 0 Å². The monoisotopic (exact) mass is 598 g/mol. The van der Waals surface area contributed by atoms with E-state index in [1.54, 1.807) is 0 Å². The van der Waals surface area contributed by atoms with E-state index in [0.29, 0.717) is 0 Å². The number of ether oxygens (including phenoxy) is 6. The lowest BCUT2D eigenvalue weighted by atomic mass is 9.88. The number of ketones is 4. The molecule has 0 unspecified atom stereocenters. The molecule has 2 aliphatic heterocycles. The smallest absolute Gasteiger partial charge is 0.234 e. The Labute approximate surface area is 248 Å². The molecule has 0 fully saturated rings. The molecule has 0 bridgehead atoms. The Bertz CT molecular complexity index is 1750. The number of fused-ring (bicyclic) bond motifs is 2. The molecule has 2 N–H and O–H groups in total. The van der Waals surface area contributed by atoms with E-state index in [9.17, 15) is 29.4 Å². The summed E-state index contributed by atoms with van der Waals surface area (Å²) in [5, 5.41) is 20.6. The minimum Gasteiger partial charge on any atom is -0.504 e. The second-order valence-electron chi connectivity index (χ2n) is 9.60. The quantitative estimate of drug-likeness (QED) is 0.207. The van der Waals surface area contributed by atoms with E-state index in [1.165, 1.54) is 62.8 Å². The lowest BCUT2D eigenvalue weighted by Gasteiger charge is -2.15. The third-order valence-electron chi connectivity index (χ3n) is 7.08. The molecule has 12 nitrogen and oxygen atoms in total. The summed E-state index contributed by atoms with van der Waals surface area (Å²) in [6.07, 6.45) is 0. The molecule has 4 aromatic rings. The van der Waals surface area contributed by atoms with Crippen LogP contribution in [0.15, 0.2) is 60.7 Å². The molecule has 12 heteroatoms. The second-order valence-corrected chi connectivity index (χ2v) is 9.60. The number of aromatic hydroxyl groups is 2. The van der Waals surface area contributed by atoms with Crippen LogP contribution in [0.2, 0.25) is 0 Å². The predicted octanol–water partition coefficient (Wildman–Crippen LogP) is 4.37. The Hall–Kier alpha value is -6.04. The number of hydrogen-bond acceptors (Lipinski definition) is 12. The Kier molecular flexibility index (Phi) is 7.01. The van der Waals surface area contributed by atoms with Gasteiger partial charge in [-0.05, 0) is 71.8 Å². The summed E-state index contributed by atoms with van der Waals surface area (Å²) in [6, 6.07) is 13.3. The summed E-state index contributed by atoms with van der Waals surface area (Å²) in [5.74, 6) is -3.77. The van der Waals surface area contributed by atoms with Crippen LogP contribution in [0.5, 0.6) is 46.0 Å². The van der Waals surface area contributed by atoms with Crippen molar-refractivity contribution in [2.24, 2.45) is 0 Å². The van der Waals surface area contributed by atoms with E-state index in [0.717, 1.165) is 12.1 Å². The van der Waals surface area contributed by atoms with E-state index in [-0.39, 0.29) is 93.0 Å². The number of hydrogen-bond donors (Lipinski definition) is 2. The van der Waals surface area contributed by atoms with Gasteiger partial charge in [0.15, 0.2) is 23.0 Å². The van der Waals surface area contributed by atoms with Crippen LogP contribution in [0.1, 0.15) is 41.4 Å². The number of carbonyl (C=O) groups is 4. The molecule has 44 heavy (non-hydrogen) atoms. The molecular weight excluding hydrogens is 576 g/mol. The zero-order valence-corrected chi connectivity index (χ0v) is 23.2. The summed E-state index contributed by atoms with van der Waals surface area (Å²) < 4.78 is 31.6. The SMILES string of the molecule is COc1ccc(C(=O)C(=O)c2cc(O)c3c(c2)OCO3)c(-c2cc(OC)ccc2C(=O)C(=O)c2cc(O)c3c(c2)OCO3)c1. The van der Waals surface area contributed by atoms with Gasteiger partial charge < -0.3 is 38.6 Å². The van der Waals surface area contributed by atoms with E-state index >= 15 is 0 Å². The average Bonchev–Trinajstić information content (AvgIpc) is 3.73. The van der Waals surface area contributed by atoms with Gasteiger partial charge >= 0.3 is 0 Å². The first kappa shape index (κ1) is 28.1. The summed E-state index contributed by atoms with van der Waals surface area (Å²) >= 11 is 0. The van der Waals surface area contributed by atoms with E-state index in [4.69, 9.17) is 28.4 Å². The lowest BCUT2D eigenvalue weighted by molar-refractivity contribution is 0.0816. The fraction of sp³-hybridized carbons (Fsp3) is 0.125. The van der Waals surface area contributed by atoms with Crippen molar-refractivity contribution in [1.29, 1.82) is 0 Å². The second kappa shape index (κ2) is 11.0. The van der Waals surface area contributed by atoms with E-state index < -0.39 is 23.1 Å².